The molecule has 88 valence electrons. The Hall–Kier alpha value is -1.57. The predicted octanol–water partition coefficient (Wildman–Crippen LogP) is 5.21. The van der Waals surface area contributed by atoms with Crippen molar-refractivity contribution in [2.24, 2.45) is 0 Å². The Bertz CT molecular complexity index is 717. The molecule has 0 N–H and O–H groups in total. The third-order valence-corrected chi connectivity index (χ3v) is 3.41. The van der Waals surface area contributed by atoms with Crippen molar-refractivity contribution in [1.29, 1.82) is 0 Å². The molecule has 2 aromatic carbocycles. The molecule has 0 saturated heterocycles. The monoisotopic (exact) mass is 273 g/mol. The van der Waals surface area contributed by atoms with Gasteiger partial charge in [0, 0.05) is 22.2 Å². The van der Waals surface area contributed by atoms with Crippen LogP contribution in [0.5, 0.6) is 0 Å². The van der Waals surface area contributed by atoms with E-state index < -0.39 is 0 Å². The predicted molar refractivity (Wildman–Crippen MR) is 77.2 cm³/mol. The van der Waals surface area contributed by atoms with Crippen molar-refractivity contribution in [2.45, 2.75) is 0 Å². The molecule has 1 nitrogen and oxygen atoms in total. The minimum atomic E-state index is 0.617. The van der Waals surface area contributed by atoms with Crippen LogP contribution < -0.4 is 0 Å². The van der Waals surface area contributed by atoms with Crippen LogP contribution in [0.4, 0.5) is 0 Å². The summed E-state index contributed by atoms with van der Waals surface area (Å²) in [6.45, 7) is 0. The van der Waals surface area contributed by atoms with Crippen LogP contribution in [0, 0.1) is 0 Å². The van der Waals surface area contributed by atoms with Gasteiger partial charge in [0.2, 0.25) is 0 Å². The lowest BCUT2D eigenvalue weighted by Crippen LogP contribution is -1.86. The van der Waals surface area contributed by atoms with E-state index in [9.17, 15) is 0 Å². The third-order valence-electron chi connectivity index (χ3n) is 2.86. The summed E-state index contributed by atoms with van der Waals surface area (Å²) >= 11 is 12.2. The Labute approximate surface area is 115 Å². The quantitative estimate of drug-likeness (QED) is 0.593. The van der Waals surface area contributed by atoms with Crippen LogP contribution in [0.1, 0.15) is 0 Å². The number of hydrogen-bond donors (Lipinski definition) is 0. The average Bonchev–Trinajstić information content (AvgIpc) is 2.38. The summed E-state index contributed by atoms with van der Waals surface area (Å²) in [6, 6.07) is 15.6. The third kappa shape index (κ3) is 1.96. The zero-order valence-corrected chi connectivity index (χ0v) is 10.9. The van der Waals surface area contributed by atoms with Gasteiger partial charge in [-0.2, -0.15) is 0 Å². The largest absolute Gasteiger partial charge is 0.256 e. The van der Waals surface area contributed by atoms with Gasteiger partial charge in [-0.05, 0) is 29.7 Å². The van der Waals surface area contributed by atoms with Crippen LogP contribution in [0.15, 0.2) is 54.7 Å². The zero-order valence-electron chi connectivity index (χ0n) is 9.40. The topological polar surface area (TPSA) is 12.9 Å². The lowest BCUT2D eigenvalue weighted by atomic mass is 10.0. The molecule has 3 aromatic rings. The normalized spacial score (nSPS) is 10.8. The molecule has 0 atom stereocenters. The number of nitrogens with zero attached hydrogens (tertiary/aromatic N) is 1. The van der Waals surface area contributed by atoms with E-state index in [0.29, 0.717) is 10.0 Å². The Morgan fingerprint density at radius 2 is 1.72 bits per heavy atom. The summed E-state index contributed by atoms with van der Waals surface area (Å²) in [7, 11) is 0. The molecule has 0 aliphatic rings. The minimum absolute atomic E-state index is 0.617. The van der Waals surface area contributed by atoms with Gasteiger partial charge in [-0.25, -0.2) is 0 Å². The van der Waals surface area contributed by atoms with E-state index in [1.165, 1.54) is 0 Å². The Balaban J connectivity index is 2.31. The summed E-state index contributed by atoms with van der Waals surface area (Å²) in [5, 5.41) is 3.48. The zero-order chi connectivity index (χ0) is 12.5. The van der Waals surface area contributed by atoms with Gasteiger partial charge in [0.05, 0.1) is 10.7 Å². The molecular formula is C15H9Cl2N. The van der Waals surface area contributed by atoms with E-state index >= 15 is 0 Å². The maximum Gasteiger partial charge on any atom is 0.0795 e. The van der Waals surface area contributed by atoms with Gasteiger partial charge in [-0.1, -0.05) is 47.5 Å². The minimum Gasteiger partial charge on any atom is -0.256 e. The maximum absolute atomic E-state index is 6.24. The second-order valence-electron chi connectivity index (χ2n) is 4.00. The molecule has 3 heteroatoms. The van der Waals surface area contributed by atoms with Gasteiger partial charge in [0.15, 0.2) is 0 Å². The molecule has 3 rings (SSSR count). The number of halogens is 2. The number of pyridine rings is 1. The van der Waals surface area contributed by atoms with Crippen molar-refractivity contribution in [3.05, 3.63) is 64.8 Å². The van der Waals surface area contributed by atoms with Gasteiger partial charge in [-0.3, -0.25) is 4.98 Å². The lowest BCUT2D eigenvalue weighted by molar-refractivity contribution is 1.36. The van der Waals surface area contributed by atoms with Crippen molar-refractivity contribution >= 4 is 34.0 Å². The van der Waals surface area contributed by atoms with Crippen LogP contribution in [0.25, 0.3) is 22.0 Å². The molecule has 1 aromatic heterocycles. The fourth-order valence-electron chi connectivity index (χ4n) is 2.02. The summed E-state index contributed by atoms with van der Waals surface area (Å²) in [5.74, 6) is 0. The smallest absolute Gasteiger partial charge is 0.0795 e. The van der Waals surface area contributed by atoms with E-state index in [2.05, 4.69) is 11.1 Å². The van der Waals surface area contributed by atoms with Gasteiger partial charge < -0.3 is 0 Å². The summed E-state index contributed by atoms with van der Waals surface area (Å²) < 4.78 is 0. The highest BCUT2D eigenvalue weighted by Gasteiger charge is 2.08. The Kier molecular flexibility index (Phi) is 2.94. The SMILES string of the molecule is Clc1ccc(-c2nccc3ccccc23)c(Cl)c1. The van der Waals surface area contributed by atoms with E-state index in [0.717, 1.165) is 22.0 Å². The van der Waals surface area contributed by atoms with E-state index in [-0.39, 0.29) is 0 Å². The van der Waals surface area contributed by atoms with Gasteiger partial charge in [-0.15, -0.1) is 0 Å². The second kappa shape index (κ2) is 4.60. The lowest BCUT2D eigenvalue weighted by Gasteiger charge is -2.07. The van der Waals surface area contributed by atoms with Crippen molar-refractivity contribution in [3.8, 4) is 11.3 Å². The molecule has 18 heavy (non-hydrogen) atoms. The number of hydrogen-bond acceptors (Lipinski definition) is 1. The standard InChI is InChI=1S/C15H9Cl2N/c16-11-5-6-13(14(17)9-11)15-12-4-2-1-3-10(12)7-8-18-15/h1-9H. The molecule has 1 heterocycles. The van der Waals surface area contributed by atoms with Gasteiger partial charge >= 0.3 is 0 Å². The van der Waals surface area contributed by atoms with Crippen LogP contribution in [-0.4, -0.2) is 4.98 Å². The summed E-state index contributed by atoms with van der Waals surface area (Å²) in [5.41, 5.74) is 1.78. The first-order chi connectivity index (χ1) is 8.75. The van der Waals surface area contributed by atoms with Crippen molar-refractivity contribution in [3.63, 3.8) is 0 Å². The fraction of sp³-hybridized carbons (Fsp3) is 0. The average molecular weight is 274 g/mol. The Morgan fingerprint density at radius 1 is 0.889 bits per heavy atom. The second-order valence-corrected chi connectivity index (χ2v) is 4.85. The molecular weight excluding hydrogens is 265 g/mol. The van der Waals surface area contributed by atoms with Gasteiger partial charge in [0.25, 0.3) is 0 Å². The number of aromatic nitrogens is 1. The molecule has 0 aliphatic heterocycles. The first-order valence-electron chi connectivity index (χ1n) is 5.55. The summed E-state index contributed by atoms with van der Waals surface area (Å²) in [4.78, 5) is 4.44. The molecule has 0 fully saturated rings. The molecule has 0 radical (unpaired) electrons. The fourth-order valence-corrected chi connectivity index (χ4v) is 2.51. The molecule has 0 unspecified atom stereocenters. The first kappa shape index (κ1) is 11.5. The molecule has 0 bridgehead atoms. The molecule has 0 spiro atoms. The van der Waals surface area contributed by atoms with Crippen molar-refractivity contribution < 1.29 is 0 Å². The van der Waals surface area contributed by atoms with Crippen LogP contribution >= 0.6 is 23.2 Å². The van der Waals surface area contributed by atoms with Gasteiger partial charge in [0.1, 0.15) is 0 Å². The summed E-state index contributed by atoms with van der Waals surface area (Å²) in [6.07, 6.45) is 1.79. The first-order valence-corrected chi connectivity index (χ1v) is 6.30. The van der Waals surface area contributed by atoms with Crippen LogP contribution in [-0.2, 0) is 0 Å². The highest BCUT2D eigenvalue weighted by molar-refractivity contribution is 6.36. The van der Waals surface area contributed by atoms with E-state index in [4.69, 9.17) is 23.2 Å². The number of benzene rings is 2. The molecule has 0 aliphatic carbocycles. The van der Waals surface area contributed by atoms with E-state index in [1.54, 1.807) is 12.3 Å². The Morgan fingerprint density at radius 3 is 2.56 bits per heavy atom. The van der Waals surface area contributed by atoms with Crippen molar-refractivity contribution in [2.75, 3.05) is 0 Å². The van der Waals surface area contributed by atoms with E-state index in [1.807, 2.05) is 36.4 Å². The number of rotatable bonds is 1. The highest BCUT2D eigenvalue weighted by atomic mass is 35.5. The van der Waals surface area contributed by atoms with Crippen LogP contribution in [0.3, 0.4) is 0 Å². The maximum atomic E-state index is 6.24. The highest BCUT2D eigenvalue weighted by Crippen LogP contribution is 2.33. The molecule has 0 amide bonds. The van der Waals surface area contributed by atoms with Crippen molar-refractivity contribution in [1.82, 2.24) is 4.98 Å². The molecule has 0 saturated carbocycles. The van der Waals surface area contributed by atoms with Crippen LogP contribution in [0.2, 0.25) is 10.0 Å². The number of fused-ring (bicyclic) bond motifs is 1.